The van der Waals surface area contributed by atoms with E-state index in [1.165, 1.54) is 6.42 Å². The van der Waals surface area contributed by atoms with Gasteiger partial charge < -0.3 is 14.8 Å². The molecule has 6 heteroatoms. The molecule has 0 bridgehead atoms. The molecule has 170 valence electrons. The summed E-state index contributed by atoms with van der Waals surface area (Å²) in [5.41, 5.74) is -0.610. The van der Waals surface area contributed by atoms with Crippen molar-refractivity contribution < 1.29 is 23.9 Å². The molecule has 1 N–H and O–H groups in total. The van der Waals surface area contributed by atoms with Crippen molar-refractivity contribution in [3.8, 4) is 0 Å². The Bertz CT molecular complexity index is 587. The lowest BCUT2D eigenvalue weighted by atomic mass is 9.84. The van der Waals surface area contributed by atoms with Gasteiger partial charge in [-0.3, -0.25) is 14.4 Å². The van der Waals surface area contributed by atoms with Gasteiger partial charge in [-0.15, -0.1) is 13.2 Å². The van der Waals surface area contributed by atoms with Crippen LogP contribution < -0.4 is 5.32 Å². The van der Waals surface area contributed by atoms with E-state index in [1.807, 2.05) is 0 Å². The number of carbonyl (C=O) groups is 3. The summed E-state index contributed by atoms with van der Waals surface area (Å²) in [6.07, 6.45) is 10.0. The number of allylic oxidation sites excluding steroid dienone is 2. The summed E-state index contributed by atoms with van der Waals surface area (Å²) >= 11 is 0. The van der Waals surface area contributed by atoms with E-state index in [1.54, 1.807) is 32.9 Å². The molecular weight excluding hydrogens is 382 g/mol. The van der Waals surface area contributed by atoms with E-state index in [0.717, 1.165) is 25.7 Å². The van der Waals surface area contributed by atoms with Gasteiger partial charge in [-0.1, -0.05) is 31.4 Å². The lowest BCUT2D eigenvalue weighted by molar-refractivity contribution is -0.162. The van der Waals surface area contributed by atoms with Crippen LogP contribution in [0.2, 0.25) is 0 Å². The molecule has 6 nitrogen and oxygen atoms in total. The molecule has 1 fully saturated rings. The number of amides is 1. The third-order valence-electron chi connectivity index (χ3n) is 5.16. The highest BCUT2D eigenvalue weighted by Crippen LogP contribution is 2.27. The third-order valence-corrected chi connectivity index (χ3v) is 5.16. The van der Waals surface area contributed by atoms with Crippen molar-refractivity contribution in [2.45, 2.75) is 90.2 Å². The van der Waals surface area contributed by atoms with Crippen LogP contribution in [0.5, 0.6) is 0 Å². The van der Waals surface area contributed by atoms with Crippen molar-refractivity contribution in [1.29, 1.82) is 0 Å². The summed E-state index contributed by atoms with van der Waals surface area (Å²) in [6.45, 7) is 12.8. The first-order valence-electron chi connectivity index (χ1n) is 11.1. The topological polar surface area (TPSA) is 81.7 Å². The minimum atomic E-state index is -0.638. The van der Waals surface area contributed by atoms with Crippen LogP contribution >= 0.6 is 0 Å². The Morgan fingerprint density at radius 2 is 1.77 bits per heavy atom. The highest BCUT2D eigenvalue weighted by Gasteiger charge is 2.29. The molecule has 1 aliphatic carbocycles. The van der Waals surface area contributed by atoms with Gasteiger partial charge in [0.15, 0.2) is 0 Å². The highest BCUT2D eigenvalue weighted by atomic mass is 16.6. The van der Waals surface area contributed by atoms with Crippen LogP contribution in [-0.2, 0) is 23.9 Å². The van der Waals surface area contributed by atoms with E-state index in [-0.39, 0.29) is 25.0 Å². The summed E-state index contributed by atoms with van der Waals surface area (Å²) in [5, 5.41) is 3.04. The monoisotopic (exact) mass is 421 g/mol. The molecule has 0 unspecified atom stereocenters. The lowest BCUT2D eigenvalue weighted by Crippen LogP contribution is -2.45. The fourth-order valence-corrected chi connectivity index (χ4v) is 3.68. The number of esters is 2. The van der Waals surface area contributed by atoms with E-state index < -0.39 is 23.5 Å². The molecule has 0 heterocycles. The molecular formula is C24H39NO5. The van der Waals surface area contributed by atoms with E-state index in [0.29, 0.717) is 25.2 Å². The molecule has 0 aliphatic heterocycles. The first kappa shape index (κ1) is 25.9. The van der Waals surface area contributed by atoms with Gasteiger partial charge in [0.25, 0.3) is 0 Å². The Labute approximate surface area is 181 Å². The van der Waals surface area contributed by atoms with Crippen molar-refractivity contribution in [2.24, 2.45) is 11.8 Å². The van der Waals surface area contributed by atoms with Crippen molar-refractivity contribution in [3.63, 3.8) is 0 Å². The van der Waals surface area contributed by atoms with Gasteiger partial charge in [0.1, 0.15) is 12.2 Å². The molecule has 2 atom stereocenters. The Balaban J connectivity index is 2.70. The second-order valence-corrected chi connectivity index (χ2v) is 9.04. The lowest BCUT2D eigenvalue weighted by Gasteiger charge is -2.31. The maximum atomic E-state index is 12.7. The molecule has 0 aromatic rings. The molecule has 0 spiro atoms. The fourth-order valence-electron chi connectivity index (χ4n) is 3.68. The highest BCUT2D eigenvalue weighted by molar-refractivity contribution is 5.80. The van der Waals surface area contributed by atoms with Gasteiger partial charge in [0.05, 0.1) is 18.4 Å². The Morgan fingerprint density at radius 1 is 1.10 bits per heavy atom. The number of hydrogen-bond donors (Lipinski definition) is 1. The molecule has 0 aromatic heterocycles. The largest absolute Gasteiger partial charge is 0.463 e. The van der Waals surface area contributed by atoms with Gasteiger partial charge in [-0.25, -0.2) is 0 Å². The molecule has 30 heavy (non-hydrogen) atoms. The standard InChI is InChI=1S/C24H39NO5/c1-6-8-15-21(26)25-20(18-13-10-9-11-14-18)17-29-23(28)19(12-7-2)16-22(27)30-24(3,4)5/h6-7,18-20H,1-2,8-17H2,3-5H3,(H,25,26)/t19-,20-/m0/s1. The van der Waals surface area contributed by atoms with Crippen molar-refractivity contribution in [2.75, 3.05) is 6.61 Å². The van der Waals surface area contributed by atoms with Crippen LogP contribution in [0, 0.1) is 11.8 Å². The molecule has 1 saturated carbocycles. The molecule has 1 aliphatic rings. The van der Waals surface area contributed by atoms with Gasteiger partial charge in [-0.2, -0.15) is 0 Å². The van der Waals surface area contributed by atoms with Crippen LogP contribution in [0.25, 0.3) is 0 Å². The molecule has 1 amide bonds. The van der Waals surface area contributed by atoms with E-state index in [4.69, 9.17) is 9.47 Å². The number of nitrogens with one attached hydrogen (secondary N) is 1. The average molecular weight is 422 g/mol. The average Bonchev–Trinajstić information content (AvgIpc) is 2.68. The third kappa shape index (κ3) is 10.6. The SMILES string of the molecule is C=CCCC(=O)N[C@@H](COC(=O)[C@@H](CC=C)CC(=O)OC(C)(C)C)C1CCCCC1. The van der Waals surface area contributed by atoms with E-state index in [9.17, 15) is 14.4 Å². The molecule has 1 rings (SSSR count). The summed E-state index contributed by atoms with van der Waals surface area (Å²) in [6, 6.07) is -0.211. The number of ether oxygens (including phenoxy) is 2. The van der Waals surface area contributed by atoms with E-state index >= 15 is 0 Å². The molecule has 0 radical (unpaired) electrons. The maximum Gasteiger partial charge on any atom is 0.309 e. The zero-order valence-electron chi connectivity index (χ0n) is 18.9. The predicted molar refractivity (Wildman–Crippen MR) is 118 cm³/mol. The normalized spacial score (nSPS) is 16.8. The fraction of sp³-hybridized carbons (Fsp3) is 0.708. The number of carbonyl (C=O) groups excluding carboxylic acids is 3. The second kappa shape index (κ2) is 13.2. The van der Waals surface area contributed by atoms with Gasteiger partial charge in [0.2, 0.25) is 5.91 Å². The zero-order valence-corrected chi connectivity index (χ0v) is 18.9. The smallest absolute Gasteiger partial charge is 0.309 e. The van der Waals surface area contributed by atoms with Crippen molar-refractivity contribution in [1.82, 2.24) is 5.32 Å². The second-order valence-electron chi connectivity index (χ2n) is 9.04. The predicted octanol–water partition coefficient (Wildman–Crippen LogP) is 4.49. The van der Waals surface area contributed by atoms with Crippen LogP contribution in [0.3, 0.4) is 0 Å². The minimum Gasteiger partial charge on any atom is -0.463 e. The van der Waals surface area contributed by atoms with Crippen LogP contribution in [0.4, 0.5) is 0 Å². The number of rotatable bonds is 12. The first-order valence-corrected chi connectivity index (χ1v) is 11.1. The Kier molecular flexibility index (Phi) is 11.4. The Morgan fingerprint density at radius 3 is 2.33 bits per heavy atom. The zero-order chi connectivity index (χ0) is 22.6. The van der Waals surface area contributed by atoms with Crippen LogP contribution in [0.15, 0.2) is 25.3 Å². The quantitative estimate of drug-likeness (QED) is 0.371. The summed E-state index contributed by atoms with van der Waals surface area (Å²) in [7, 11) is 0. The van der Waals surface area contributed by atoms with Crippen LogP contribution in [0.1, 0.15) is 78.6 Å². The summed E-state index contributed by atoms with van der Waals surface area (Å²) < 4.78 is 10.9. The van der Waals surface area contributed by atoms with Crippen molar-refractivity contribution >= 4 is 17.8 Å². The summed E-state index contributed by atoms with van der Waals surface area (Å²) in [4.78, 5) is 37.1. The number of hydrogen-bond acceptors (Lipinski definition) is 5. The van der Waals surface area contributed by atoms with Crippen LogP contribution in [-0.4, -0.2) is 36.1 Å². The summed E-state index contributed by atoms with van der Waals surface area (Å²) in [5.74, 6) is -1.29. The minimum absolute atomic E-state index is 0.0537. The first-order chi connectivity index (χ1) is 14.2. The van der Waals surface area contributed by atoms with Gasteiger partial charge >= 0.3 is 11.9 Å². The van der Waals surface area contributed by atoms with Gasteiger partial charge in [0, 0.05) is 6.42 Å². The van der Waals surface area contributed by atoms with Gasteiger partial charge in [-0.05, 0) is 52.4 Å². The molecule has 0 aromatic carbocycles. The van der Waals surface area contributed by atoms with E-state index in [2.05, 4.69) is 18.5 Å². The van der Waals surface area contributed by atoms with Crippen molar-refractivity contribution in [3.05, 3.63) is 25.3 Å². The Hall–Kier alpha value is -2.11. The molecule has 0 saturated heterocycles. The maximum absolute atomic E-state index is 12.7.